The van der Waals surface area contributed by atoms with Crippen molar-refractivity contribution in [3.63, 3.8) is 0 Å². The summed E-state index contributed by atoms with van der Waals surface area (Å²) >= 11 is 12.1. The molecule has 1 aromatic carbocycles. The summed E-state index contributed by atoms with van der Waals surface area (Å²) in [7, 11) is 0. The lowest BCUT2D eigenvalue weighted by atomic mass is 9.85. The van der Waals surface area contributed by atoms with Gasteiger partial charge in [-0.2, -0.15) is 0 Å². The first-order chi connectivity index (χ1) is 7.44. The van der Waals surface area contributed by atoms with Crippen LogP contribution in [-0.2, 0) is 6.42 Å². The van der Waals surface area contributed by atoms with Crippen molar-refractivity contribution in [1.82, 2.24) is 5.32 Å². The number of halogens is 2. The summed E-state index contributed by atoms with van der Waals surface area (Å²) in [4.78, 5) is 0. The smallest absolute Gasteiger partial charge is 0.0439 e. The van der Waals surface area contributed by atoms with Crippen molar-refractivity contribution in [2.75, 3.05) is 13.1 Å². The van der Waals surface area contributed by atoms with E-state index in [4.69, 9.17) is 23.2 Å². The van der Waals surface area contributed by atoms with Crippen LogP contribution >= 0.6 is 23.2 Å². The van der Waals surface area contributed by atoms with Gasteiger partial charge in [0.2, 0.25) is 0 Å². The van der Waals surface area contributed by atoms with Crippen LogP contribution in [-0.4, -0.2) is 13.1 Å². The summed E-state index contributed by atoms with van der Waals surface area (Å²) in [6.07, 6.45) is 0.930. The molecule has 1 aromatic rings. The topological polar surface area (TPSA) is 12.0 Å². The summed E-state index contributed by atoms with van der Waals surface area (Å²) in [6, 6.07) is 5.64. The molecule has 0 aromatic heterocycles. The molecule has 0 unspecified atom stereocenters. The first-order valence-electron chi connectivity index (χ1n) is 5.59. The van der Waals surface area contributed by atoms with E-state index < -0.39 is 0 Å². The quantitative estimate of drug-likeness (QED) is 0.837. The first-order valence-corrected chi connectivity index (χ1v) is 6.35. The van der Waals surface area contributed by atoms with Gasteiger partial charge in [-0.05, 0) is 42.1 Å². The molecule has 0 atom stereocenters. The zero-order valence-corrected chi connectivity index (χ0v) is 11.6. The van der Waals surface area contributed by atoms with Gasteiger partial charge in [-0.25, -0.2) is 0 Å². The third kappa shape index (κ3) is 4.32. The molecule has 0 aliphatic heterocycles. The Morgan fingerprint density at radius 1 is 1.25 bits per heavy atom. The average Bonchev–Trinajstić information content (AvgIpc) is 2.20. The Kier molecular flexibility index (Phi) is 5.10. The van der Waals surface area contributed by atoms with Gasteiger partial charge in [0, 0.05) is 16.6 Å². The largest absolute Gasteiger partial charge is 0.316 e. The molecular formula is C13H19Cl2N. The molecule has 16 heavy (non-hydrogen) atoms. The van der Waals surface area contributed by atoms with E-state index in [1.165, 1.54) is 0 Å². The highest BCUT2D eigenvalue weighted by Crippen LogP contribution is 2.28. The van der Waals surface area contributed by atoms with Crippen molar-refractivity contribution in [3.8, 4) is 0 Å². The molecular weight excluding hydrogens is 241 g/mol. The van der Waals surface area contributed by atoms with Crippen LogP contribution in [0.2, 0.25) is 10.0 Å². The van der Waals surface area contributed by atoms with E-state index in [1.54, 1.807) is 0 Å². The van der Waals surface area contributed by atoms with Crippen LogP contribution in [0.4, 0.5) is 0 Å². The van der Waals surface area contributed by atoms with Gasteiger partial charge < -0.3 is 5.32 Å². The van der Waals surface area contributed by atoms with Crippen LogP contribution in [0.3, 0.4) is 0 Å². The Morgan fingerprint density at radius 2 is 1.94 bits per heavy atom. The Hall–Kier alpha value is -0.240. The second-order valence-corrected chi connectivity index (χ2v) is 5.70. The predicted molar refractivity (Wildman–Crippen MR) is 72.5 cm³/mol. The number of rotatable bonds is 5. The van der Waals surface area contributed by atoms with Gasteiger partial charge in [0.1, 0.15) is 0 Å². The van der Waals surface area contributed by atoms with Gasteiger partial charge in [0.25, 0.3) is 0 Å². The highest BCUT2D eigenvalue weighted by Gasteiger charge is 2.19. The van der Waals surface area contributed by atoms with Crippen molar-refractivity contribution in [2.45, 2.75) is 27.2 Å². The molecule has 3 heteroatoms. The third-order valence-electron chi connectivity index (χ3n) is 2.53. The molecule has 0 aliphatic carbocycles. The molecule has 0 spiro atoms. The Balaban J connectivity index is 2.74. The minimum atomic E-state index is 0.185. The zero-order chi connectivity index (χ0) is 12.2. The van der Waals surface area contributed by atoms with Crippen LogP contribution in [0, 0.1) is 5.41 Å². The first kappa shape index (κ1) is 13.8. The molecule has 1 N–H and O–H groups in total. The maximum atomic E-state index is 6.16. The molecule has 0 radical (unpaired) electrons. The van der Waals surface area contributed by atoms with E-state index in [0.717, 1.165) is 35.1 Å². The molecule has 0 saturated heterocycles. The fourth-order valence-electron chi connectivity index (χ4n) is 1.72. The normalized spacial score (nSPS) is 11.8. The standard InChI is InChI=1S/C13H19Cl2N/c1-4-16-9-13(2,3)8-10-7-11(14)5-6-12(10)15/h5-7,16H,4,8-9H2,1-3H3. The summed E-state index contributed by atoms with van der Waals surface area (Å²) in [6.45, 7) is 8.54. The Bertz CT molecular complexity index is 348. The fraction of sp³-hybridized carbons (Fsp3) is 0.538. The Morgan fingerprint density at radius 3 is 2.56 bits per heavy atom. The second kappa shape index (κ2) is 5.90. The third-order valence-corrected chi connectivity index (χ3v) is 3.13. The molecule has 1 nitrogen and oxygen atoms in total. The molecule has 0 bridgehead atoms. The fourth-order valence-corrected chi connectivity index (χ4v) is 2.10. The van der Waals surface area contributed by atoms with Gasteiger partial charge in [0.15, 0.2) is 0 Å². The second-order valence-electron chi connectivity index (χ2n) is 4.86. The lowest BCUT2D eigenvalue weighted by molar-refractivity contribution is 0.342. The van der Waals surface area contributed by atoms with E-state index in [9.17, 15) is 0 Å². The highest BCUT2D eigenvalue weighted by molar-refractivity contribution is 6.33. The minimum Gasteiger partial charge on any atom is -0.316 e. The van der Waals surface area contributed by atoms with Crippen molar-refractivity contribution in [3.05, 3.63) is 33.8 Å². The van der Waals surface area contributed by atoms with Crippen molar-refractivity contribution < 1.29 is 0 Å². The molecule has 0 amide bonds. The number of benzene rings is 1. The van der Waals surface area contributed by atoms with Crippen LogP contribution in [0.25, 0.3) is 0 Å². The maximum absolute atomic E-state index is 6.16. The predicted octanol–water partition coefficient (Wildman–Crippen LogP) is 4.17. The molecule has 0 fully saturated rings. The van der Waals surface area contributed by atoms with Crippen LogP contribution < -0.4 is 5.32 Å². The molecule has 0 heterocycles. The van der Waals surface area contributed by atoms with Crippen LogP contribution in [0.1, 0.15) is 26.3 Å². The SMILES string of the molecule is CCNCC(C)(C)Cc1cc(Cl)ccc1Cl. The molecule has 0 saturated carbocycles. The van der Waals surface area contributed by atoms with Gasteiger partial charge in [0.05, 0.1) is 0 Å². The zero-order valence-electron chi connectivity index (χ0n) is 10.1. The number of hydrogen-bond donors (Lipinski definition) is 1. The van der Waals surface area contributed by atoms with E-state index in [0.29, 0.717) is 0 Å². The van der Waals surface area contributed by atoms with E-state index in [1.807, 2.05) is 18.2 Å². The summed E-state index contributed by atoms with van der Waals surface area (Å²) < 4.78 is 0. The highest BCUT2D eigenvalue weighted by atomic mass is 35.5. The van der Waals surface area contributed by atoms with Crippen LogP contribution in [0.5, 0.6) is 0 Å². The van der Waals surface area contributed by atoms with Crippen molar-refractivity contribution >= 4 is 23.2 Å². The van der Waals surface area contributed by atoms with Gasteiger partial charge in [-0.3, -0.25) is 0 Å². The van der Waals surface area contributed by atoms with Gasteiger partial charge in [-0.1, -0.05) is 44.0 Å². The summed E-state index contributed by atoms with van der Waals surface area (Å²) in [5.74, 6) is 0. The summed E-state index contributed by atoms with van der Waals surface area (Å²) in [5.41, 5.74) is 1.31. The van der Waals surface area contributed by atoms with Crippen molar-refractivity contribution in [2.24, 2.45) is 5.41 Å². The summed E-state index contributed by atoms with van der Waals surface area (Å²) in [5, 5.41) is 4.92. The van der Waals surface area contributed by atoms with E-state index in [2.05, 4.69) is 26.1 Å². The van der Waals surface area contributed by atoms with E-state index in [-0.39, 0.29) is 5.41 Å². The maximum Gasteiger partial charge on any atom is 0.0439 e. The number of hydrogen-bond acceptors (Lipinski definition) is 1. The van der Waals surface area contributed by atoms with Gasteiger partial charge >= 0.3 is 0 Å². The molecule has 1 rings (SSSR count). The van der Waals surface area contributed by atoms with Gasteiger partial charge in [-0.15, -0.1) is 0 Å². The van der Waals surface area contributed by atoms with Crippen molar-refractivity contribution in [1.29, 1.82) is 0 Å². The van der Waals surface area contributed by atoms with Crippen LogP contribution in [0.15, 0.2) is 18.2 Å². The lowest BCUT2D eigenvalue weighted by Gasteiger charge is -2.25. The average molecular weight is 260 g/mol. The molecule has 90 valence electrons. The minimum absolute atomic E-state index is 0.185. The lowest BCUT2D eigenvalue weighted by Crippen LogP contribution is -2.31. The molecule has 0 aliphatic rings. The Labute approximate surface area is 108 Å². The number of nitrogens with one attached hydrogen (secondary N) is 1. The van der Waals surface area contributed by atoms with E-state index >= 15 is 0 Å². The monoisotopic (exact) mass is 259 g/mol.